The number of nitrogen functional groups attached to an aromatic ring is 1. The van der Waals surface area contributed by atoms with Crippen molar-refractivity contribution in [1.82, 2.24) is 0 Å². The van der Waals surface area contributed by atoms with Crippen molar-refractivity contribution in [2.75, 3.05) is 5.73 Å². The maximum atomic E-state index is 11.8. The van der Waals surface area contributed by atoms with Crippen molar-refractivity contribution in [3.8, 4) is 0 Å². The molecule has 0 unspecified atom stereocenters. The molecule has 0 aliphatic rings. The number of rotatable bonds is 3. The number of carbonyl (C=O) groups excluding carboxylic acids is 1. The van der Waals surface area contributed by atoms with Crippen LogP contribution in [0, 0.1) is 0 Å². The number of carbonyl (C=O) groups is 2. The van der Waals surface area contributed by atoms with Gasteiger partial charge < -0.3 is 20.8 Å². The van der Waals surface area contributed by atoms with E-state index in [1.54, 1.807) is 20.8 Å². The van der Waals surface area contributed by atoms with Crippen LogP contribution >= 0.6 is 0 Å². The minimum Gasteiger partial charge on any atom is -0.476 e. The summed E-state index contributed by atoms with van der Waals surface area (Å²) in [7, 11) is 0. The molecule has 0 atom stereocenters. The molecule has 0 aliphatic carbocycles. The molecule has 109 valence electrons. The summed E-state index contributed by atoms with van der Waals surface area (Å²) in [4.78, 5) is 22.7. The first-order valence-electron chi connectivity index (χ1n) is 5.74. The Morgan fingerprint density at radius 1 is 1.29 bits per heavy atom. The van der Waals surface area contributed by atoms with Gasteiger partial charge in [-0.2, -0.15) is 0 Å². The molecule has 1 radical (unpaired) electrons. The zero-order chi connectivity index (χ0) is 15.5. The second-order valence-electron chi connectivity index (χ2n) is 5.06. The molecular formula is C13H16N2NaO5. The van der Waals surface area contributed by atoms with Crippen molar-refractivity contribution in [2.24, 2.45) is 5.16 Å². The van der Waals surface area contributed by atoms with E-state index in [2.05, 4.69) is 5.16 Å². The average molecular weight is 303 g/mol. The summed E-state index contributed by atoms with van der Waals surface area (Å²) < 4.78 is 5.16. The van der Waals surface area contributed by atoms with Crippen LogP contribution in [-0.4, -0.2) is 63.1 Å². The first-order valence-corrected chi connectivity index (χ1v) is 5.74. The van der Waals surface area contributed by atoms with Crippen LogP contribution in [0.3, 0.4) is 0 Å². The number of carboxylic acid groups (broad SMARTS) is 1. The van der Waals surface area contributed by atoms with Crippen molar-refractivity contribution < 1.29 is 24.6 Å². The van der Waals surface area contributed by atoms with Gasteiger partial charge in [0.1, 0.15) is 5.60 Å². The topological polar surface area (TPSA) is 122 Å². The number of nitrogens with two attached hydrogens (primary N) is 1. The number of hydrogen-bond donors (Lipinski definition) is 3. The van der Waals surface area contributed by atoms with Gasteiger partial charge in [-0.25, -0.2) is 9.59 Å². The quantitative estimate of drug-likeness (QED) is 0.192. The zero-order valence-corrected chi connectivity index (χ0v) is 14.4. The molecule has 1 aromatic rings. The molecule has 0 aliphatic heterocycles. The summed E-state index contributed by atoms with van der Waals surface area (Å²) >= 11 is 0. The van der Waals surface area contributed by atoms with E-state index in [4.69, 9.17) is 20.8 Å². The molecule has 0 saturated carbocycles. The van der Waals surface area contributed by atoms with E-state index in [0.29, 0.717) is 0 Å². The Kier molecular flexibility index (Phi) is 6.89. The molecule has 0 bridgehead atoms. The molecule has 1 rings (SSSR count). The average Bonchev–Trinajstić information content (AvgIpc) is 2.29. The summed E-state index contributed by atoms with van der Waals surface area (Å²) in [6.45, 7) is 5.18. The third kappa shape index (κ3) is 5.37. The zero-order valence-electron chi connectivity index (χ0n) is 12.4. The normalized spacial score (nSPS) is 11.5. The van der Waals surface area contributed by atoms with Gasteiger partial charge in [-0.1, -0.05) is 5.16 Å². The molecule has 0 spiro atoms. The summed E-state index contributed by atoms with van der Waals surface area (Å²) in [6.07, 6.45) is 0. The first-order chi connectivity index (χ1) is 9.15. The van der Waals surface area contributed by atoms with Crippen LogP contribution in [0.2, 0.25) is 0 Å². The summed E-state index contributed by atoms with van der Waals surface area (Å²) in [6, 6.07) is 3.92. The number of anilines is 1. The third-order valence-electron chi connectivity index (χ3n) is 2.24. The SMILES string of the molecule is CC(C)(C)OC(=O)c1ccc(C(=NO)C(=O)O)c(N)c1.[Na]. The molecule has 0 amide bonds. The number of benzene rings is 1. The van der Waals surface area contributed by atoms with Gasteiger partial charge in [0, 0.05) is 40.8 Å². The Morgan fingerprint density at radius 2 is 1.86 bits per heavy atom. The molecule has 0 aromatic heterocycles. The second-order valence-corrected chi connectivity index (χ2v) is 5.06. The van der Waals surface area contributed by atoms with Crippen LogP contribution < -0.4 is 5.73 Å². The van der Waals surface area contributed by atoms with Gasteiger partial charge in [-0.05, 0) is 39.0 Å². The monoisotopic (exact) mass is 303 g/mol. The minimum absolute atomic E-state index is 0. The molecular weight excluding hydrogens is 287 g/mol. The van der Waals surface area contributed by atoms with Gasteiger partial charge in [0.05, 0.1) is 5.56 Å². The molecule has 7 nitrogen and oxygen atoms in total. The Bertz CT molecular complexity index is 578. The van der Waals surface area contributed by atoms with Crippen LogP contribution in [-0.2, 0) is 9.53 Å². The summed E-state index contributed by atoms with van der Waals surface area (Å²) in [5, 5.41) is 20.2. The Labute approximate surface area is 144 Å². The van der Waals surface area contributed by atoms with Crippen molar-refractivity contribution in [1.29, 1.82) is 0 Å². The van der Waals surface area contributed by atoms with Gasteiger partial charge >= 0.3 is 11.9 Å². The largest absolute Gasteiger partial charge is 0.476 e. The van der Waals surface area contributed by atoms with Crippen molar-refractivity contribution in [3.05, 3.63) is 29.3 Å². The molecule has 4 N–H and O–H groups in total. The minimum atomic E-state index is -1.43. The molecule has 8 heteroatoms. The number of hydrogen-bond acceptors (Lipinski definition) is 6. The van der Waals surface area contributed by atoms with E-state index in [9.17, 15) is 9.59 Å². The number of nitrogens with zero attached hydrogens (tertiary/aromatic N) is 1. The summed E-state index contributed by atoms with van der Waals surface area (Å²) in [5.74, 6) is -2.00. The van der Waals surface area contributed by atoms with Crippen molar-refractivity contribution in [2.45, 2.75) is 26.4 Å². The number of ether oxygens (including phenoxy) is 1. The molecule has 0 fully saturated rings. The molecule has 21 heavy (non-hydrogen) atoms. The molecule has 0 heterocycles. The van der Waals surface area contributed by atoms with Crippen LogP contribution in [0.4, 0.5) is 5.69 Å². The maximum absolute atomic E-state index is 11.8. The predicted octanol–water partition coefficient (Wildman–Crippen LogP) is 1.11. The standard InChI is InChI=1S/C13H16N2O5.Na/c1-13(2,3)20-12(18)7-4-5-8(9(14)6-7)10(15-19)11(16)17;/h4-6,19H,14H2,1-3H3,(H,16,17);. The van der Waals surface area contributed by atoms with E-state index < -0.39 is 23.3 Å². The van der Waals surface area contributed by atoms with Gasteiger partial charge in [-0.15, -0.1) is 0 Å². The number of oxime groups is 1. The van der Waals surface area contributed by atoms with Gasteiger partial charge in [0.2, 0.25) is 0 Å². The Morgan fingerprint density at radius 3 is 2.24 bits per heavy atom. The van der Waals surface area contributed by atoms with Crippen LogP contribution in [0.25, 0.3) is 0 Å². The van der Waals surface area contributed by atoms with E-state index >= 15 is 0 Å². The number of esters is 1. The van der Waals surface area contributed by atoms with E-state index in [1.807, 2.05) is 0 Å². The Balaban J connectivity index is 0.00000400. The van der Waals surface area contributed by atoms with Crippen LogP contribution in [0.1, 0.15) is 36.7 Å². The smallest absolute Gasteiger partial charge is 0.358 e. The van der Waals surface area contributed by atoms with Gasteiger partial charge in [0.25, 0.3) is 0 Å². The number of carboxylic acids is 1. The maximum Gasteiger partial charge on any atom is 0.358 e. The molecule has 1 aromatic carbocycles. The molecule has 0 saturated heterocycles. The van der Waals surface area contributed by atoms with E-state index in [1.165, 1.54) is 18.2 Å². The fraction of sp³-hybridized carbons (Fsp3) is 0.308. The fourth-order valence-electron chi connectivity index (χ4n) is 1.45. The first kappa shape index (κ1) is 19.4. The van der Waals surface area contributed by atoms with Crippen LogP contribution in [0.15, 0.2) is 23.4 Å². The van der Waals surface area contributed by atoms with E-state index in [-0.39, 0.29) is 46.4 Å². The van der Waals surface area contributed by atoms with Gasteiger partial charge in [0.15, 0.2) is 5.71 Å². The van der Waals surface area contributed by atoms with Crippen LogP contribution in [0.5, 0.6) is 0 Å². The van der Waals surface area contributed by atoms with Gasteiger partial charge in [-0.3, -0.25) is 0 Å². The fourth-order valence-corrected chi connectivity index (χ4v) is 1.45. The van der Waals surface area contributed by atoms with E-state index in [0.717, 1.165) is 0 Å². The second kappa shape index (κ2) is 7.44. The Hall–Kier alpha value is -1.57. The van der Waals surface area contributed by atoms with Crippen molar-refractivity contribution in [3.63, 3.8) is 0 Å². The number of aliphatic carboxylic acids is 1. The van der Waals surface area contributed by atoms with Crippen molar-refractivity contribution >= 4 is 52.9 Å². The summed E-state index contributed by atoms with van der Waals surface area (Å²) in [5.41, 5.74) is 4.63. The third-order valence-corrected chi connectivity index (χ3v) is 2.24. The predicted molar refractivity (Wildman–Crippen MR) is 77.7 cm³/mol.